The fourth-order valence-corrected chi connectivity index (χ4v) is 9.08. The van der Waals surface area contributed by atoms with E-state index in [1.54, 1.807) is 16.7 Å². The number of hydrogen-bond donors (Lipinski definition) is 1. The molecule has 0 aromatic heterocycles. The van der Waals surface area contributed by atoms with E-state index in [0.29, 0.717) is 16.7 Å². The highest BCUT2D eigenvalue weighted by atomic mass is 16.3. The number of nitrogens with zero attached hydrogens (tertiary/aromatic N) is 1. The van der Waals surface area contributed by atoms with Crippen molar-refractivity contribution in [1.29, 1.82) is 0 Å². The van der Waals surface area contributed by atoms with Crippen LogP contribution >= 0.6 is 0 Å². The predicted octanol–water partition coefficient (Wildman–Crippen LogP) is 6.36. The predicted molar refractivity (Wildman–Crippen MR) is 125 cm³/mol. The molecule has 2 fully saturated rings. The minimum absolute atomic E-state index is 0.0448. The molecule has 1 N–H and O–H groups in total. The molecular formula is C28H45NO. The molecule has 0 aromatic rings. The highest BCUT2D eigenvalue weighted by molar-refractivity contribution is 5.49. The van der Waals surface area contributed by atoms with Gasteiger partial charge in [-0.2, -0.15) is 0 Å². The minimum Gasteiger partial charge on any atom is -0.393 e. The Bertz CT molecular complexity index is 757. The fraction of sp³-hybridized carbons (Fsp3) is 0.857. The van der Waals surface area contributed by atoms with Gasteiger partial charge in [-0.25, -0.2) is 0 Å². The third-order valence-electron chi connectivity index (χ3n) is 10.9. The third-order valence-corrected chi connectivity index (χ3v) is 10.9. The Morgan fingerprint density at radius 3 is 2.50 bits per heavy atom. The Hall–Kier alpha value is -0.600. The first-order valence-electron chi connectivity index (χ1n) is 13.0. The first-order chi connectivity index (χ1) is 14.2. The molecule has 6 atom stereocenters. The van der Waals surface area contributed by atoms with Gasteiger partial charge in [0, 0.05) is 6.54 Å². The second kappa shape index (κ2) is 7.20. The van der Waals surface area contributed by atoms with Crippen LogP contribution in [0.25, 0.3) is 0 Å². The Morgan fingerprint density at radius 2 is 1.77 bits per heavy atom. The van der Waals surface area contributed by atoms with Crippen LogP contribution in [0.4, 0.5) is 0 Å². The van der Waals surface area contributed by atoms with E-state index >= 15 is 0 Å². The first kappa shape index (κ1) is 21.3. The lowest BCUT2D eigenvalue weighted by Crippen LogP contribution is -2.53. The Balaban J connectivity index is 1.42. The number of hydrogen-bond acceptors (Lipinski definition) is 2. The zero-order valence-electron chi connectivity index (χ0n) is 20.3. The molecule has 6 unspecified atom stereocenters. The van der Waals surface area contributed by atoms with Crippen LogP contribution in [0, 0.1) is 34.0 Å². The van der Waals surface area contributed by atoms with Gasteiger partial charge in [0.2, 0.25) is 0 Å². The highest BCUT2D eigenvalue weighted by Crippen LogP contribution is 2.66. The van der Waals surface area contributed by atoms with E-state index in [1.165, 1.54) is 71.0 Å². The van der Waals surface area contributed by atoms with Gasteiger partial charge in [-0.05, 0) is 116 Å². The van der Waals surface area contributed by atoms with Gasteiger partial charge < -0.3 is 10.0 Å². The third kappa shape index (κ3) is 2.95. The molecule has 5 aliphatic rings. The summed E-state index contributed by atoms with van der Waals surface area (Å²) >= 11 is 0. The van der Waals surface area contributed by atoms with Crippen LogP contribution in [-0.4, -0.2) is 35.7 Å². The SMILES string of the molecule is CC(CN1CCCC1)C1CC=C2C3=C(CCC21C)C1(C)CCC(O)C(C)(C)C1CC3. The molecule has 168 valence electrons. The zero-order chi connectivity index (χ0) is 21.3. The average Bonchev–Trinajstić information content (AvgIpc) is 3.32. The molecule has 5 rings (SSSR count). The first-order valence-corrected chi connectivity index (χ1v) is 13.0. The lowest BCUT2D eigenvalue weighted by molar-refractivity contribution is -0.0905. The summed E-state index contributed by atoms with van der Waals surface area (Å²) < 4.78 is 0. The Morgan fingerprint density at radius 1 is 1.03 bits per heavy atom. The lowest BCUT2D eigenvalue weighted by Gasteiger charge is -2.59. The number of allylic oxidation sites excluding steroid dienone is 4. The summed E-state index contributed by atoms with van der Waals surface area (Å²) in [5.74, 6) is 2.24. The van der Waals surface area contributed by atoms with Crippen molar-refractivity contribution in [3.8, 4) is 0 Å². The van der Waals surface area contributed by atoms with Gasteiger partial charge in [0.1, 0.15) is 0 Å². The van der Waals surface area contributed by atoms with Gasteiger partial charge in [0.25, 0.3) is 0 Å². The summed E-state index contributed by atoms with van der Waals surface area (Å²) in [5, 5.41) is 10.8. The molecule has 2 heteroatoms. The van der Waals surface area contributed by atoms with Crippen molar-refractivity contribution in [2.24, 2.45) is 34.0 Å². The van der Waals surface area contributed by atoms with Gasteiger partial charge >= 0.3 is 0 Å². The van der Waals surface area contributed by atoms with Crippen molar-refractivity contribution >= 4 is 0 Å². The molecule has 0 aromatic carbocycles. The van der Waals surface area contributed by atoms with Crippen molar-refractivity contribution < 1.29 is 5.11 Å². The summed E-state index contributed by atoms with van der Waals surface area (Å²) in [6.07, 6.45) is 14.0. The molecule has 0 radical (unpaired) electrons. The highest BCUT2D eigenvalue weighted by Gasteiger charge is 2.57. The van der Waals surface area contributed by atoms with Crippen LogP contribution in [0.5, 0.6) is 0 Å². The summed E-state index contributed by atoms with van der Waals surface area (Å²) in [5.41, 5.74) is 6.07. The maximum absolute atomic E-state index is 10.8. The monoisotopic (exact) mass is 411 g/mol. The number of aliphatic hydroxyl groups is 1. The maximum atomic E-state index is 10.8. The van der Waals surface area contributed by atoms with E-state index < -0.39 is 0 Å². The molecule has 0 spiro atoms. The van der Waals surface area contributed by atoms with Crippen molar-refractivity contribution in [3.05, 3.63) is 22.8 Å². The van der Waals surface area contributed by atoms with Gasteiger partial charge in [-0.3, -0.25) is 0 Å². The topological polar surface area (TPSA) is 23.5 Å². The van der Waals surface area contributed by atoms with Gasteiger partial charge in [0.05, 0.1) is 6.10 Å². The van der Waals surface area contributed by atoms with Gasteiger partial charge in [-0.15, -0.1) is 0 Å². The van der Waals surface area contributed by atoms with Gasteiger partial charge in [0.15, 0.2) is 0 Å². The van der Waals surface area contributed by atoms with Crippen LogP contribution in [0.3, 0.4) is 0 Å². The van der Waals surface area contributed by atoms with Gasteiger partial charge in [-0.1, -0.05) is 46.3 Å². The maximum Gasteiger partial charge on any atom is 0.0594 e. The van der Waals surface area contributed by atoms with Crippen molar-refractivity contribution in [3.63, 3.8) is 0 Å². The van der Waals surface area contributed by atoms with Crippen molar-refractivity contribution in [2.75, 3.05) is 19.6 Å². The second-order valence-corrected chi connectivity index (χ2v) is 12.7. The number of rotatable bonds is 3. The zero-order valence-corrected chi connectivity index (χ0v) is 20.3. The van der Waals surface area contributed by atoms with Crippen molar-refractivity contribution in [1.82, 2.24) is 4.90 Å². The second-order valence-electron chi connectivity index (χ2n) is 12.7. The summed E-state index contributed by atoms with van der Waals surface area (Å²) in [6, 6.07) is 0. The molecule has 0 bridgehead atoms. The molecule has 30 heavy (non-hydrogen) atoms. The molecule has 1 saturated heterocycles. The molecule has 1 saturated carbocycles. The van der Waals surface area contributed by atoms with E-state index in [1.807, 2.05) is 0 Å². The molecule has 0 amide bonds. The molecular weight excluding hydrogens is 366 g/mol. The van der Waals surface area contributed by atoms with Crippen LogP contribution in [0.15, 0.2) is 22.8 Å². The molecule has 4 aliphatic carbocycles. The normalized spacial score (nSPS) is 44.3. The van der Waals surface area contributed by atoms with Crippen LogP contribution in [-0.2, 0) is 0 Å². The molecule has 1 aliphatic heterocycles. The van der Waals surface area contributed by atoms with Crippen LogP contribution < -0.4 is 0 Å². The van der Waals surface area contributed by atoms with E-state index in [4.69, 9.17) is 0 Å². The molecule has 1 heterocycles. The smallest absolute Gasteiger partial charge is 0.0594 e. The lowest BCUT2D eigenvalue weighted by atomic mass is 9.46. The number of likely N-dealkylation sites (tertiary alicyclic amines) is 1. The van der Waals surface area contributed by atoms with E-state index in [-0.39, 0.29) is 11.5 Å². The largest absolute Gasteiger partial charge is 0.393 e. The quantitative estimate of drug-likeness (QED) is 0.584. The van der Waals surface area contributed by atoms with Crippen LogP contribution in [0.1, 0.15) is 92.4 Å². The minimum atomic E-state index is -0.131. The standard InChI is InChI=1S/C28H45NO/c1-19(18-29-16-6-7-17-29)21-9-10-22-20-8-11-24-26(2,3)25(30)13-15-28(24,5)23(20)12-14-27(21,22)4/h10,19,21,24-25,30H,6-9,11-18H2,1-5H3. The summed E-state index contributed by atoms with van der Waals surface area (Å²) in [6.45, 7) is 16.3. The Labute approximate surface area is 185 Å². The average molecular weight is 412 g/mol. The summed E-state index contributed by atoms with van der Waals surface area (Å²) in [4.78, 5) is 2.72. The Kier molecular flexibility index (Phi) is 5.10. The number of aliphatic hydroxyl groups excluding tert-OH is 1. The van der Waals surface area contributed by atoms with Crippen LogP contribution in [0.2, 0.25) is 0 Å². The van der Waals surface area contributed by atoms with Crippen molar-refractivity contribution in [2.45, 2.75) is 98.5 Å². The fourth-order valence-electron chi connectivity index (χ4n) is 9.08. The molecule has 2 nitrogen and oxygen atoms in total. The summed E-state index contributed by atoms with van der Waals surface area (Å²) in [7, 11) is 0. The van der Waals surface area contributed by atoms with E-state index in [9.17, 15) is 5.11 Å². The van der Waals surface area contributed by atoms with E-state index in [0.717, 1.165) is 18.3 Å². The number of fused-ring (bicyclic) bond motifs is 4. The van der Waals surface area contributed by atoms with E-state index in [2.05, 4.69) is 45.6 Å².